The molecule has 19 heavy (non-hydrogen) atoms. The summed E-state index contributed by atoms with van der Waals surface area (Å²) >= 11 is 0. The van der Waals surface area contributed by atoms with Gasteiger partial charge in [0, 0.05) is 30.6 Å². The summed E-state index contributed by atoms with van der Waals surface area (Å²) in [4.78, 5) is 9.47. The first-order valence-electron chi connectivity index (χ1n) is 7.23. The maximum absolute atomic E-state index is 5.78. The van der Waals surface area contributed by atoms with Gasteiger partial charge in [0.15, 0.2) is 5.82 Å². The Morgan fingerprint density at radius 3 is 2.21 bits per heavy atom. The van der Waals surface area contributed by atoms with Crippen LogP contribution in [-0.2, 0) is 16.9 Å². The third kappa shape index (κ3) is 2.79. The fourth-order valence-corrected chi connectivity index (χ4v) is 2.91. The fourth-order valence-electron chi connectivity index (χ4n) is 2.91. The summed E-state index contributed by atoms with van der Waals surface area (Å²) in [5.74, 6) is 0.878. The van der Waals surface area contributed by atoms with E-state index in [4.69, 9.17) is 14.7 Å². The zero-order valence-electron chi connectivity index (χ0n) is 12.5. The summed E-state index contributed by atoms with van der Waals surface area (Å²) < 4.78 is 5.78. The van der Waals surface area contributed by atoms with E-state index in [2.05, 4.69) is 26.1 Å². The Balaban J connectivity index is 2.33. The number of rotatable bonds is 5. The Morgan fingerprint density at radius 2 is 1.74 bits per heavy atom. The molecule has 1 fully saturated rings. The minimum absolute atomic E-state index is 0.244. The van der Waals surface area contributed by atoms with E-state index in [1.54, 1.807) is 7.11 Å². The van der Waals surface area contributed by atoms with Crippen molar-refractivity contribution >= 4 is 0 Å². The molecule has 1 aromatic rings. The first kappa shape index (κ1) is 14.4. The maximum Gasteiger partial charge on any atom is 0.160 e. The summed E-state index contributed by atoms with van der Waals surface area (Å²) in [5, 5.41) is 3.35. The lowest BCUT2D eigenvalue weighted by Gasteiger charge is -2.27. The average molecular weight is 263 g/mol. The zero-order chi connectivity index (χ0) is 13.9. The van der Waals surface area contributed by atoms with E-state index in [1.807, 2.05) is 0 Å². The number of aromatic nitrogens is 2. The number of ether oxygens (including phenoxy) is 1. The van der Waals surface area contributed by atoms with Crippen molar-refractivity contribution in [2.45, 2.75) is 58.6 Å². The Kier molecular flexibility index (Phi) is 4.53. The molecule has 0 bridgehead atoms. The van der Waals surface area contributed by atoms with Crippen molar-refractivity contribution in [2.24, 2.45) is 0 Å². The standard InChI is InChI=1S/C15H25N3O/c1-5-16-10-13-11(2)17-14(18-12(13)3)15(19-4)8-6-7-9-15/h16H,5-10H2,1-4H3. The lowest BCUT2D eigenvalue weighted by atomic mass is 10.00. The second-order valence-corrected chi connectivity index (χ2v) is 5.38. The molecule has 1 saturated carbocycles. The van der Waals surface area contributed by atoms with E-state index in [-0.39, 0.29) is 5.60 Å². The van der Waals surface area contributed by atoms with Gasteiger partial charge in [-0.05, 0) is 46.1 Å². The van der Waals surface area contributed by atoms with E-state index in [0.29, 0.717) is 0 Å². The predicted octanol–water partition coefficient (Wildman–Crippen LogP) is 2.62. The van der Waals surface area contributed by atoms with E-state index in [9.17, 15) is 0 Å². The van der Waals surface area contributed by atoms with Gasteiger partial charge in [-0.25, -0.2) is 9.97 Å². The number of nitrogens with zero attached hydrogens (tertiary/aromatic N) is 2. The van der Waals surface area contributed by atoms with Crippen LogP contribution in [0.25, 0.3) is 0 Å². The van der Waals surface area contributed by atoms with Gasteiger partial charge in [0.25, 0.3) is 0 Å². The number of hydrogen-bond donors (Lipinski definition) is 1. The summed E-state index contributed by atoms with van der Waals surface area (Å²) in [6.45, 7) is 8.06. The van der Waals surface area contributed by atoms with Gasteiger partial charge in [-0.3, -0.25) is 0 Å². The minimum atomic E-state index is -0.244. The molecule has 1 heterocycles. The number of methoxy groups -OCH3 is 1. The SMILES string of the molecule is CCNCc1c(C)nc(C2(OC)CCCC2)nc1C. The summed E-state index contributed by atoms with van der Waals surface area (Å²) in [6, 6.07) is 0. The molecule has 0 amide bonds. The molecule has 0 radical (unpaired) electrons. The van der Waals surface area contributed by atoms with Crippen LogP contribution in [0.5, 0.6) is 0 Å². The number of nitrogens with one attached hydrogen (secondary N) is 1. The molecule has 0 aliphatic heterocycles. The normalized spacial score (nSPS) is 17.9. The molecule has 1 aromatic heterocycles. The molecule has 0 aromatic carbocycles. The van der Waals surface area contributed by atoms with Crippen LogP contribution in [0, 0.1) is 13.8 Å². The topological polar surface area (TPSA) is 47.0 Å². The Labute approximate surface area is 116 Å². The molecule has 4 nitrogen and oxygen atoms in total. The Hall–Kier alpha value is -1.00. The highest BCUT2D eigenvalue weighted by molar-refractivity contribution is 5.26. The quantitative estimate of drug-likeness (QED) is 0.887. The molecule has 2 rings (SSSR count). The Morgan fingerprint density at radius 1 is 1.16 bits per heavy atom. The third-order valence-electron chi connectivity index (χ3n) is 4.18. The van der Waals surface area contributed by atoms with Crippen LogP contribution in [0.3, 0.4) is 0 Å². The molecule has 1 aliphatic rings. The van der Waals surface area contributed by atoms with Crippen molar-refractivity contribution in [3.8, 4) is 0 Å². The molecular formula is C15H25N3O. The highest BCUT2D eigenvalue weighted by Crippen LogP contribution is 2.40. The summed E-state index contributed by atoms with van der Waals surface area (Å²) in [5.41, 5.74) is 3.13. The van der Waals surface area contributed by atoms with Gasteiger partial charge >= 0.3 is 0 Å². The van der Waals surface area contributed by atoms with Gasteiger partial charge in [0.2, 0.25) is 0 Å². The van der Waals surface area contributed by atoms with Gasteiger partial charge in [0.05, 0.1) is 0 Å². The highest BCUT2D eigenvalue weighted by atomic mass is 16.5. The van der Waals surface area contributed by atoms with E-state index >= 15 is 0 Å². The van der Waals surface area contributed by atoms with E-state index in [0.717, 1.165) is 43.1 Å². The second-order valence-electron chi connectivity index (χ2n) is 5.38. The van der Waals surface area contributed by atoms with E-state index in [1.165, 1.54) is 18.4 Å². The highest BCUT2D eigenvalue weighted by Gasteiger charge is 2.38. The molecule has 4 heteroatoms. The second kappa shape index (κ2) is 5.97. The lowest BCUT2D eigenvalue weighted by Crippen LogP contribution is -2.29. The van der Waals surface area contributed by atoms with Gasteiger partial charge in [-0.1, -0.05) is 6.92 Å². The van der Waals surface area contributed by atoms with Crippen LogP contribution >= 0.6 is 0 Å². The third-order valence-corrected chi connectivity index (χ3v) is 4.18. The molecular weight excluding hydrogens is 238 g/mol. The van der Waals surface area contributed by atoms with Crippen LogP contribution in [-0.4, -0.2) is 23.6 Å². The molecule has 0 unspecified atom stereocenters. The van der Waals surface area contributed by atoms with Crippen molar-refractivity contribution in [1.29, 1.82) is 0 Å². The molecule has 0 atom stereocenters. The number of hydrogen-bond acceptors (Lipinski definition) is 4. The molecule has 106 valence electrons. The summed E-state index contributed by atoms with van der Waals surface area (Å²) in [7, 11) is 1.78. The summed E-state index contributed by atoms with van der Waals surface area (Å²) in [6.07, 6.45) is 4.48. The van der Waals surface area contributed by atoms with Crippen molar-refractivity contribution in [2.75, 3.05) is 13.7 Å². The van der Waals surface area contributed by atoms with E-state index < -0.39 is 0 Å². The first-order valence-corrected chi connectivity index (χ1v) is 7.23. The minimum Gasteiger partial charge on any atom is -0.370 e. The Bertz CT molecular complexity index is 416. The fraction of sp³-hybridized carbons (Fsp3) is 0.733. The zero-order valence-corrected chi connectivity index (χ0v) is 12.5. The molecule has 0 spiro atoms. The monoisotopic (exact) mass is 263 g/mol. The van der Waals surface area contributed by atoms with Crippen molar-refractivity contribution in [3.05, 3.63) is 22.8 Å². The molecule has 1 aliphatic carbocycles. The van der Waals surface area contributed by atoms with Gasteiger partial charge < -0.3 is 10.1 Å². The van der Waals surface area contributed by atoms with Crippen molar-refractivity contribution in [3.63, 3.8) is 0 Å². The first-order chi connectivity index (χ1) is 9.13. The lowest BCUT2D eigenvalue weighted by molar-refractivity contribution is -0.0166. The molecule has 0 saturated heterocycles. The van der Waals surface area contributed by atoms with Gasteiger partial charge in [0.1, 0.15) is 5.60 Å². The van der Waals surface area contributed by atoms with Gasteiger partial charge in [-0.15, -0.1) is 0 Å². The van der Waals surface area contributed by atoms with Crippen LogP contribution < -0.4 is 5.32 Å². The smallest absolute Gasteiger partial charge is 0.160 e. The van der Waals surface area contributed by atoms with Crippen molar-refractivity contribution in [1.82, 2.24) is 15.3 Å². The van der Waals surface area contributed by atoms with Crippen LogP contribution in [0.1, 0.15) is 55.4 Å². The molecule has 1 N–H and O–H groups in total. The van der Waals surface area contributed by atoms with Crippen LogP contribution in [0.15, 0.2) is 0 Å². The average Bonchev–Trinajstić information content (AvgIpc) is 2.87. The maximum atomic E-state index is 5.78. The predicted molar refractivity (Wildman–Crippen MR) is 76.0 cm³/mol. The van der Waals surface area contributed by atoms with Gasteiger partial charge in [-0.2, -0.15) is 0 Å². The van der Waals surface area contributed by atoms with Crippen LogP contribution in [0.2, 0.25) is 0 Å². The van der Waals surface area contributed by atoms with Crippen molar-refractivity contribution < 1.29 is 4.74 Å². The van der Waals surface area contributed by atoms with Crippen LogP contribution in [0.4, 0.5) is 0 Å². The largest absolute Gasteiger partial charge is 0.370 e. The number of aryl methyl sites for hydroxylation is 2.